The second-order valence-electron chi connectivity index (χ2n) is 8.11. The van der Waals surface area contributed by atoms with Crippen LogP contribution in [0.25, 0.3) is 5.57 Å². The van der Waals surface area contributed by atoms with Gasteiger partial charge in [-0.25, -0.2) is 0 Å². The molecule has 182 valence electrons. The molecule has 0 saturated carbocycles. The van der Waals surface area contributed by atoms with E-state index in [-0.39, 0.29) is 18.2 Å². The zero-order valence-electron chi connectivity index (χ0n) is 20.8. The van der Waals surface area contributed by atoms with Crippen LogP contribution in [0.2, 0.25) is 0 Å². The van der Waals surface area contributed by atoms with Crippen molar-refractivity contribution in [2.75, 3.05) is 18.9 Å². The van der Waals surface area contributed by atoms with E-state index in [4.69, 9.17) is 10.8 Å². The van der Waals surface area contributed by atoms with Crippen molar-refractivity contribution in [1.82, 2.24) is 10.6 Å². The molecule has 0 radical (unpaired) electrons. The molecular weight excluding hydrogens is 426 g/mol. The first-order valence-corrected chi connectivity index (χ1v) is 11.4. The highest BCUT2D eigenvalue weighted by Crippen LogP contribution is 2.26. The zero-order valence-corrected chi connectivity index (χ0v) is 20.8. The number of rotatable bonds is 14. The van der Waals surface area contributed by atoms with Crippen molar-refractivity contribution in [3.8, 4) is 0 Å². The molecule has 5 N–H and O–H groups in total. The number of hydrogen-bond donors (Lipinski definition) is 5. The molecule has 0 aliphatic carbocycles. The normalized spacial score (nSPS) is 12.5. The Morgan fingerprint density at radius 3 is 2.41 bits per heavy atom. The maximum absolute atomic E-state index is 13.3. The number of allylic oxidation sites excluding steroid dienone is 6. The lowest BCUT2D eigenvalue weighted by Gasteiger charge is -2.18. The molecule has 0 aliphatic rings. The van der Waals surface area contributed by atoms with E-state index in [2.05, 4.69) is 22.5 Å². The van der Waals surface area contributed by atoms with E-state index in [0.29, 0.717) is 34.4 Å². The summed E-state index contributed by atoms with van der Waals surface area (Å²) in [6, 6.07) is 3.54. The van der Waals surface area contributed by atoms with Crippen molar-refractivity contribution in [3.05, 3.63) is 70.5 Å². The Labute approximate surface area is 203 Å². The lowest BCUT2D eigenvalue weighted by atomic mass is 9.96. The molecule has 1 aromatic rings. The molecule has 34 heavy (non-hydrogen) atoms. The molecule has 0 bridgehead atoms. The minimum atomic E-state index is -0.403. The van der Waals surface area contributed by atoms with Crippen LogP contribution in [-0.2, 0) is 4.79 Å². The molecule has 7 nitrogen and oxygen atoms in total. The van der Waals surface area contributed by atoms with Crippen LogP contribution in [-0.4, -0.2) is 44.3 Å². The summed E-state index contributed by atoms with van der Waals surface area (Å²) in [5.74, 6) is -0.403. The molecule has 1 rings (SSSR count). The molecule has 0 unspecified atom stereocenters. The monoisotopic (exact) mass is 463 g/mol. The topological polar surface area (TPSA) is 118 Å². The predicted molar refractivity (Wildman–Crippen MR) is 143 cm³/mol. The smallest absolute Gasteiger partial charge is 0.252 e. The average Bonchev–Trinajstić information content (AvgIpc) is 2.81. The van der Waals surface area contributed by atoms with Gasteiger partial charge in [-0.05, 0) is 62.1 Å². The van der Waals surface area contributed by atoms with E-state index < -0.39 is 5.91 Å². The summed E-state index contributed by atoms with van der Waals surface area (Å²) in [4.78, 5) is 25.1. The number of hydrogen-bond acceptors (Lipinski definition) is 6. The second-order valence-corrected chi connectivity index (χ2v) is 8.11. The average molecular weight is 464 g/mol. The molecular formula is C27H37N5O2. The number of anilines is 1. The van der Waals surface area contributed by atoms with Gasteiger partial charge in [-0.1, -0.05) is 32.1 Å². The van der Waals surface area contributed by atoms with E-state index in [1.807, 2.05) is 46.9 Å². The van der Waals surface area contributed by atoms with Crippen LogP contribution in [0.4, 0.5) is 5.69 Å². The fraction of sp³-hybridized carbons (Fsp3) is 0.333. The van der Waals surface area contributed by atoms with E-state index in [9.17, 15) is 9.59 Å². The first-order valence-electron chi connectivity index (χ1n) is 11.4. The summed E-state index contributed by atoms with van der Waals surface area (Å²) in [6.45, 7) is 11.6. The molecule has 0 saturated heterocycles. The molecule has 1 amide bonds. The number of amides is 1. The maximum atomic E-state index is 13.3. The van der Waals surface area contributed by atoms with Crippen molar-refractivity contribution >= 4 is 35.9 Å². The third-order valence-electron chi connectivity index (χ3n) is 5.10. The van der Waals surface area contributed by atoms with Gasteiger partial charge in [0.2, 0.25) is 0 Å². The van der Waals surface area contributed by atoms with Crippen LogP contribution in [0.5, 0.6) is 0 Å². The molecule has 0 aliphatic heterocycles. The predicted octanol–water partition coefficient (Wildman–Crippen LogP) is 4.87. The number of benzene rings is 1. The third kappa shape index (κ3) is 7.99. The largest absolute Gasteiger partial charge is 0.392 e. The first kappa shape index (κ1) is 28.3. The zero-order chi connectivity index (χ0) is 25.7. The lowest BCUT2D eigenvalue weighted by Crippen LogP contribution is -2.28. The SMILES string of the molecule is C=C/C=C(\C=N)c1cc(NC(C)C)c(C=N)c(C(=O)NC/C(C=O)=C(/C=C(/C)NC)CCC)c1. The Morgan fingerprint density at radius 1 is 1.21 bits per heavy atom. The highest BCUT2D eigenvalue weighted by Gasteiger charge is 2.18. The highest BCUT2D eigenvalue weighted by molar-refractivity contribution is 6.12. The van der Waals surface area contributed by atoms with Crippen LogP contribution < -0.4 is 16.0 Å². The lowest BCUT2D eigenvalue weighted by molar-refractivity contribution is -0.105. The van der Waals surface area contributed by atoms with Crippen LogP contribution in [0, 0.1) is 10.8 Å². The van der Waals surface area contributed by atoms with Gasteiger partial charge in [0.25, 0.3) is 5.91 Å². The van der Waals surface area contributed by atoms with Gasteiger partial charge in [0.1, 0.15) is 6.29 Å². The number of carbonyl (C=O) groups is 2. The van der Waals surface area contributed by atoms with Crippen molar-refractivity contribution in [2.45, 2.75) is 46.6 Å². The van der Waals surface area contributed by atoms with Gasteiger partial charge in [-0.15, -0.1) is 0 Å². The summed E-state index contributed by atoms with van der Waals surface area (Å²) in [7, 11) is 1.82. The summed E-state index contributed by atoms with van der Waals surface area (Å²) >= 11 is 0. The summed E-state index contributed by atoms with van der Waals surface area (Å²) in [5, 5.41) is 24.9. The molecule has 0 aromatic heterocycles. The molecule has 0 atom stereocenters. The minimum absolute atomic E-state index is 0.0691. The van der Waals surface area contributed by atoms with E-state index >= 15 is 0 Å². The van der Waals surface area contributed by atoms with E-state index in [1.54, 1.807) is 18.2 Å². The van der Waals surface area contributed by atoms with Gasteiger partial charge >= 0.3 is 0 Å². The van der Waals surface area contributed by atoms with Crippen LogP contribution in [0.3, 0.4) is 0 Å². The van der Waals surface area contributed by atoms with E-state index in [1.165, 1.54) is 6.21 Å². The van der Waals surface area contributed by atoms with Crippen molar-refractivity contribution in [1.29, 1.82) is 10.8 Å². The Hall–Kier alpha value is -3.74. The Bertz CT molecular complexity index is 1020. The van der Waals surface area contributed by atoms with Crippen molar-refractivity contribution in [2.24, 2.45) is 0 Å². The van der Waals surface area contributed by atoms with Gasteiger partial charge in [-0.3, -0.25) is 9.59 Å². The van der Waals surface area contributed by atoms with Gasteiger partial charge < -0.3 is 26.8 Å². The minimum Gasteiger partial charge on any atom is -0.392 e. The quantitative estimate of drug-likeness (QED) is 0.117. The van der Waals surface area contributed by atoms with Crippen molar-refractivity contribution < 1.29 is 9.59 Å². The standard InChI is InChI=1S/C27H37N5O2/c1-7-9-20(11-19(5)30-6)23(17-33)16-31-27(34)24-12-22(21(14-28)10-8-2)13-26(25(24)15-29)32-18(3)4/h8,10-15,17-18,28-30,32H,2,7,9,16H2,1,3-6H3,(H,31,34)/b19-11-,21-10+,23-20-,28-14?,29-15?. The highest BCUT2D eigenvalue weighted by atomic mass is 16.1. The summed E-state index contributed by atoms with van der Waals surface area (Å²) < 4.78 is 0. The van der Waals surface area contributed by atoms with Crippen LogP contribution in [0.15, 0.2) is 53.8 Å². The Balaban J connectivity index is 3.51. The third-order valence-corrected chi connectivity index (χ3v) is 5.10. The van der Waals surface area contributed by atoms with E-state index in [0.717, 1.165) is 30.2 Å². The van der Waals surface area contributed by atoms with Crippen molar-refractivity contribution in [3.63, 3.8) is 0 Å². The molecule has 0 fully saturated rings. The number of aldehydes is 1. The second kappa shape index (κ2) is 14.4. The summed E-state index contributed by atoms with van der Waals surface area (Å²) in [5.41, 5.74) is 4.88. The van der Waals surface area contributed by atoms with Gasteiger partial charge in [-0.2, -0.15) is 0 Å². The van der Waals surface area contributed by atoms with Gasteiger partial charge in [0.15, 0.2) is 0 Å². The van der Waals surface area contributed by atoms with Gasteiger partial charge in [0.05, 0.1) is 5.56 Å². The maximum Gasteiger partial charge on any atom is 0.252 e. The van der Waals surface area contributed by atoms with Crippen LogP contribution in [0.1, 0.15) is 62.0 Å². The molecule has 7 heteroatoms. The molecule has 0 spiro atoms. The van der Waals surface area contributed by atoms with Crippen LogP contribution >= 0.6 is 0 Å². The molecule has 1 aromatic carbocycles. The number of nitrogens with one attached hydrogen (secondary N) is 5. The first-order chi connectivity index (χ1) is 16.3. The van der Waals surface area contributed by atoms with Gasteiger partial charge in [0, 0.05) is 54.6 Å². The fourth-order valence-corrected chi connectivity index (χ4v) is 3.38. The number of carbonyl (C=O) groups excluding carboxylic acids is 2. The fourth-order valence-electron chi connectivity index (χ4n) is 3.38. The molecule has 0 heterocycles. The Morgan fingerprint density at radius 2 is 1.91 bits per heavy atom. The Kier molecular flexibility index (Phi) is 12.0. The summed E-state index contributed by atoms with van der Waals surface area (Å²) in [6.07, 6.45) is 9.88.